The molecule has 7 nitrogen and oxygen atoms in total. The number of nitrogens with one attached hydrogen (secondary N) is 1. The Morgan fingerprint density at radius 2 is 2.07 bits per heavy atom. The third kappa shape index (κ3) is 5.62. The molecule has 2 aromatic rings. The van der Waals surface area contributed by atoms with Gasteiger partial charge in [-0.15, -0.1) is 17.9 Å². The summed E-state index contributed by atoms with van der Waals surface area (Å²) in [5.41, 5.74) is 1.05. The molecule has 30 heavy (non-hydrogen) atoms. The topological polar surface area (TPSA) is 84.9 Å². The van der Waals surface area contributed by atoms with Crippen molar-refractivity contribution in [3.8, 4) is 11.5 Å². The van der Waals surface area contributed by atoms with Gasteiger partial charge in [-0.2, -0.15) is 0 Å². The van der Waals surface area contributed by atoms with Crippen molar-refractivity contribution >= 4 is 27.3 Å². The van der Waals surface area contributed by atoms with Crippen LogP contribution in [0.1, 0.15) is 18.4 Å². The van der Waals surface area contributed by atoms with Crippen molar-refractivity contribution in [3.05, 3.63) is 53.9 Å². The van der Waals surface area contributed by atoms with Crippen molar-refractivity contribution in [3.63, 3.8) is 0 Å². The molecule has 1 fully saturated rings. The first-order valence-electron chi connectivity index (χ1n) is 9.67. The number of piperidine rings is 1. The summed E-state index contributed by atoms with van der Waals surface area (Å²) in [5, 5.41) is 1.73. The molecule has 1 amide bonds. The van der Waals surface area contributed by atoms with Crippen LogP contribution < -0.4 is 14.2 Å². The zero-order valence-electron chi connectivity index (χ0n) is 16.9. The molecule has 1 N–H and O–H groups in total. The van der Waals surface area contributed by atoms with Crippen LogP contribution in [-0.4, -0.2) is 52.1 Å². The quantitative estimate of drug-likeness (QED) is 0.594. The monoisotopic (exact) mass is 450 g/mol. The van der Waals surface area contributed by atoms with Crippen molar-refractivity contribution in [1.82, 2.24) is 9.62 Å². The van der Waals surface area contributed by atoms with Crippen LogP contribution in [0.15, 0.2) is 52.6 Å². The third-order valence-corrected chi connectivity index (χ3v) is 7.81. The van der Waals surface area contributed by atoms with Gasteiger partial charge in [-0.1, -0.05) is 18.2 Å². The van der Waals surface area contributed by atoms with Crippen LogP contribution in [0.2, 0.25) is 0 Å². The van der Waals surface area contributed by atoms with Crippen LogP contribution in [0.5, 0.6) is 11.5 Å². The summed E-state index contributed by atoms with van der Waals surface area (Å²) in [7, 11) is -1.94. The van der Waals surface area contributed by atoms with Crippen molar-refractivity contribution in [1.29, 1.82) is 0 Å². The van der Waals surface area contributed by atoms with Gasteiger partial charge in [0.2, 0.25) is 10.0 Å². The first kappa shape index (κ1) is 22.3. The minimum atomic E-state index is -3.50. The number of ether oxygens (including phenoxy) is 2. The lowest BCUT2D eigenvalue weighted by atomic mass is 10.1. The highest BCUT2D eigenvalue weighted by Gasteiger charge is 2.27. The van der Waals surface area contributed by atoms with E-state index >= 15 is 0 Å². The van der Waals surface area contributed by atoms with Crippen LogP contribution in [0, 0.1) is 0 Å². The normalized spacial score (nSPS) is 15.0. The fraction of sp³-hybridized carbons (Fsp3) is 0.381. The second-order valence-corrected chi connectivity index (χ2v) is 9.86. The zero-order chi connectivity index (χ0) is 21.6. The first-order chi connectivity index (χ1) is 14.4. The molecule has 1 aromatic heterocycles. The van der Waals surface area contributed by atoms with Gasteiger partial charge in [0.15, 0.2) is 18.1 Å². The Bertz CT molecular complexity index is 965. The fourth-order valence-corrected chi connectivity index (χ4v) is 5.61. The number of methoxy groups -OCH3 is 1. The van der Waals surface area contributed by atoms with Crippen LogP contribution in [-0.2, 0) is 21.2 Å². The summed E-state index contributed by atoms with van der Waals surface area (Å²) in [6.45, 7) is 4.59. The van der Waals surface area contributed by atoms with E-state index in [-0.39, 0.29) is 18.6 Å². The minimum Gasteiger partial charge on any atom is -0.493 e. The van der Waals surface area contributed by atoms with Crippen molar-refractivity contribution < 1.29 is 22.7 Å². The molecular formula is C21H26N2O5S2. The summed E-state index contributed by atoms with van der Waals surface area (Å²) in [4.78, 5) is 14.2. The predicted molar refractivity (Wildman–Crippen MR) is 117 cm³/mol. The molecule has 1 aromatic carbocycles. The number of rotatable bonds is 9. The molecular weight excluding hydrogens is 424 g/mol. The average molecular weight is 451 g/mol. The molecule has 0 bridgehead atoms. The third-order valence-electron chi connectivity index (χ3n) is 4.89. The van der Waals surface area contributed by atoms with Gasteiger partial charge in [-0.05, 0) is 48.4 Å². The van der Waals surface area contributed by atoms with Crippen LogP contribution >= 0.6 is 11.3 Å². The number of carbonyl (C=O) groups is 1. The second-order valence-electron chi connectivity index (χ2n) is 6.98. The van der Waals surface area contributed by atoms with Gasteiger partial charge in [-0.3, -0.25) is 4.79 Å². The van der Waals surface area contributed by atoms with Gasteiger partial charge in [0.25, 0.3) is 5.91 Å². The second kappa shape index (κ2) is 10.1. The summed E-state index contributed by atoms with van der Waals surface area (Å²) in [6, 6.07) is 8.68. The molecule has 0 aliphatic carbocycles. The highest BCUT2D eigenvalue weighted by molar-refractivity contribution is 7.91. The molecule has 0 saturated carbocycles. The van der Waals surface area contributed by atoms with E-state index < -0.39 is 10.0 Å². The Hall–Kier alpha value is -2.36. The Balaban J connectivity index is 1.49. The van der Waals surface area contributed by atoms with E-state index in [2.05, 4.69) is 11.3 Å². The molecule has 3 rings (SSSR count). The number of benzene rings is 1. The summed E-state index contributed by atoms with van der Waals surface area (Å²) in [6.07, 6.45) is 3.66. The molecule has 9 heteroatoms. The van der Waals surface area contributed by atoms with Gasteiger partial charge >= 0.3 is 0 Å². The standard InChI is InChI=1S/C21H26N2O5S2/c1-3-5-16-7-8-18(19(14-16)27-2)28-15-20(24)23-11-9-17(10-12-23)22-30(25,26)21-6-4-13-29-21/h3-4,6-8,13-14,17,22H,1,5,9-12,15H2,2H3. The number of sulfonamides is 1. The van der Waals surface area contributed by atoms with E-state index in [4.69, 9.17) is 9.47 Å². The summed E-state index contributed by atoms with van der Waals surface area (Å²) >= 11 is 1.19. The number of carbonyl (C=O) groups excluding carboxylic acids is 1. The van der Waals surface area contributed by atoms with Crippen molar-refractivity contribution in [2.45, 2.75) is 29.5 Å². The maximum atomic E-state index is 12.5. The van der Waals surface area contributed by atoms with Gasteiger partial charge < -0.3 is 14.4 Å². The van der Waals surface area contributed by atoms with E-state index in [0.717, 1.165) is 12.0 Å². The molecule has 0 atom stereocenters. The highest BCUT2D eigenvalue weighted by atomic mass is 32.2. The number of hydrogen-bond donors (Lipinski definition) is 1. The van der Waals surface area contributed by atoms with Gasteiger partial charge in [-0.25, -0.2) is 13.1 Å². The molecule has 0 spiro atoms. The van der Waals surface area contributed by atoms with E-state index in [1.165, 1.54) is 11.3 Å². The number of amides is 1. The Morgan fingerprint density at radius 1 is 1.30 bits per heavy atom. The minimum absolute atomic E-state index is 0.0945. The number of hydrogen-bond acceptors (Lipinski definition) is 6. The number of thiophene rings is 1. The van der Waals surface area contributed by atoms with E-state index in [9.17, 15) is 13.2 Å². The van der Waals surface area contributed by atoms with Crippen LogP contribution in [0.25, 0.3) is 0 Å². The SMILES string of the molecule is C=CCc1ccc(OCC(=O)N2CCC(NS(=O)(=O)c3cccs3)CC2)c(OC)c1. The molecule has 1 saturated heterocycles. The van der Waals surface area contributed by atoms with E-state index in [0.29, 0.717) is 41.6 Å². The number of nitrogens with zero attached hydrogens (tertiary/aromatic N) is 1. The Labute approximate surface area is 181 Å². The van der Waals surface area contributed by atoms with E-state index in [1.54, 1.807) is 35.6 Å². The number of likely N-dealkylation sites (tertiary alicyclic amines) is 1. The first-order valence-corrected chi connectivity index (χ1v) is 12.0. The van der Waals surface area contributed by atoms with Gasteiger partial charge in [0, 0.05) is 19.1 Å². The molecule has 1 aliphatic heterocycles. The molecule has 1 aliphatic rings. The number of allylic oxidation sites excluding steroid dienone is 1. The average Bonchev–Trinajstić information content (AvgIpc) is 3.29. The predicted octanol–water partition coefficient (Wildman–Crippen LogP) is 2.83. The molecule has 2 heterocycles. The summed E-state index contributed by atoms with van der Waals surface area (Å²) < 4.78 is 38.8. The Kier molecular flexibility index (Phi) is 7.52. The highest BCUT2D eigenvalue weighted by Crippen LogP contribution is 2.28. The largest absolute Gasteiger partial charge is 0.493 e. The maximum Gasteiger partial charge on any atom is 0.260 e. The zero-order valence-corrected chi connectivity index (χ0v) is 18.5. The maximum absolute atomic E-state index is 12.5. The van der Waals surface area contributed by atoms with Gasteiger partial charge in [0.1, 0.15) is 4.21 Å². The lowest BCUT2D eigenvalue weighted by Crippen LogP contribution is -2.47. The van der Waals surface area contributed by atoms with Crippen molar-refractivity contribution in [2.75, 3.05) is 26.8 Å². The summed E-state index contributed by atoms with van der Waals surface area (Å²) in [5.74, 6) is 0.952. The van der Waals surface area contributed by atoms with Crippen molar-refractivity contribution in [2.24, 2.45) is 0 Å². The lowest BCUT2D eigenvalue weighted by molar-refractivity contribution is -0.134. The lowest BCUT2D eigenvalue weighted by Gasteiger charge is -2.32. The molecule has 0 unspecified atom stereocenters. The van der Waals surface area contributed by atoms with E-state index in [1.807, 2.05) is 18.2 Å². The fourth-order valence-electron chi connectivity index (χ4n) is 3.30. The molecule has 0 radical (unpaired) electrons. The van der Waals surface area contributed by atoms with Crippen LogP contribution in [0.4, 0.5) is 0 Å². The smallest absolute Gasteiger partial charge is 0.260 e. The van der Waals surface area contributed by atoms with Gasteiger partial charge in [0.05, 0.1) is 7.11 Å². The van der Waals surface area contributed by atoms with Crippen LogP contribution in [0.3, 0.4) is 0 Å². The molecule has 162 valence electrons. The Morgan fingerprint density at radius 3 is 2.70 bits per heavy atom.